The Morgan fingerprint density at radius 2 is 1.65 bits per heavy atom. The van der Waals surface area contributed by atoms with Gasteiger partial charge in [-0.3, -0.25) is 14.5 Å². The molecule has 0 unspecified atom stereocenters. The van der Waals surface area contributed by atoms with Crippen molar-refractivity contribution in [1.82, 2.24) is 9.80 Å². The molecule has 0 saturated carbocycles. The zero-order valence-corrected chi connectivity index (χ0v) is 12.3. The fourth-order valence-electron chi connectivity index (χ4n) is 2.41. The van der Waals surface area contributed by atoms with E-state index in [-0.39, 0.29) is 11.7 Å². The van der Waals surface area contributed by atoms with Gasteiger partial charge in [-0.05, 0) is 6.92 Å². The maximum Gasteiger partial charge on any atom is 0.222 e. The number of rotatable bonds is 4. The average Bonchev–Trinajstić information content (AvgIpc) is 2.48. The van der Waals surface area contributed by atoms with Crippen molar-refractivity contribution in [3.8, 4) is 0 Å². The molecule has 1 aliphatic rings. The number of Topliss-reactive ketones (excluding diaryl/α,β-unsaturated/α-hetero) is 1. The van der Waals surface area contributed by atoms with Crippen LogP contribution in [0.3, 0.4) is 0 Å². The minimum atomic E-state index is 0.153. The van der Waals surface area contributed by atoms with Gasteiger partial charge in [-0.15, -0.1) is 0 Å². The first-order chi connectivity index (χ1) is 9.60. The third-order valence-electron chi connectivity index (χ3n) is 3.77. The summed E-state index contributed by atoms with van der Waals surface area (Å²) in [6.45, 7) is 7.36. The van der Waals surface area contributed by atoms with Crippen molar-refractivity contribution in [3.63, 3.8) is 0 Å². The Labute approximate surface area is 120 Å². The number of piperazine rings is 1. The Morgan fingerprint density at radius 3 is 2.20 bits per heavy atom. The molecule has 1 saturated heterocycles. The quantitative estimate of drug-likeness (QED) is 0.785. The zero-order valence-electron chi connectivity index (χ0n) is 12.3. The van der Waals surface area contributed by atoms with Gasteiger partial charge in [-0.1, -0.05) is 36.8 Å². The molecule has 0 aliphatic carbocycles. The van der Waals surface area contributed by atoms with E-state index in [4.69, 9.17) is 0 Å². The van der Waals surface area contributed by atoms with Crippen LogP contribution in [0.1, 0.15) is 29.3 Å². The monoisotopic (exact) mass is 274 g/mol. The van der Waals surface area contributed by atoms with E-state index in [1.54, 1.807) is 0 Å². The molecule has 0 atom stereocenters. The molecule has 1 aromatic carbocycles. The first kappa shape index (κ1) is 14.7. The summed E-state index contributed by atoms with van der Waals surface area (Å²) in [6.07, 6.45) is 0.558. The van der Waals surface area contributed by atoms with Crippen molar-refractivity contribution in [2.45, 2.75) is 20.3 Å². The van der Waals surface area contributed by atoms with Gasteiger partial charge in [0.2, 0.25) is 5.91 Å². The summed E-state index contributed by atoms with van der Waals surface area (Å²) >= 11 is 0. The van der Waals surface area contributed by atoms with Gasteiger partial charge in [0, 0.05) is 38.2 Å². The van der Waals surface area contributed by atoms with Gasteiger partial charge in [-0.25, -0.2) is 0 Å². The highest BCUT2D eigenvalue weighted by molar-refractivity contribution is 5.97. The minimum absolute atomic E-state index is 0.153. The summed E-state index contributed by atoms with van der Waals surface area (Å²) in [4.78, 5) is 27.8. The van der Waals surface area contributed by atoms with Crippen LogP contribution in [-0.2, 0) is 4.79 Å². The number of carbonyl (C=O) groups excluding carboxylic acids is 2. The van der Waals surface area contributed by atoms with Gasteiger partial charge in [0.05, 0.1) is 6.54 Å². The maximum atomic E-state index is 12.2. The number of aryl methyl sites for hydroxylation is 1. The number of carbonyl (C=O) groups is 2. The molecule has 1 aliphatic heterocycles. The smallest absolute Gasteiger partial charge is 0.222 e. The second-order valence-electron chi connectivity index (χ2n) is 5.30. The number of nitrogens with zero attached hydrogens (tertiary/aromatic N) is 2. The third kappa shape index (κ3) is 3.67. The Hall–Kier alpha value is -1.68. The van der Waals surface area contributed by atoms with Crippen LogP contribution in [0.15, 0.2) is 24.3 Å². The van der Waals surface area contributed by atoms with Gasteiger partial charge in [-0.2, -0.15) is 0 Å². The minimum Gasteiger partial charge on any atom is -0.340 e. The first-order valence-electron chi connectivity index (χ1n) is 7.20. The van der Waals surface area contributed by atoms with Gasteiger partial charge < -0.3 is 4.90 Å². The van der Waals surface area contributed by atoms with E-state index < -0.39 is 0 Å². The molecule has 20 heavy (non-hydrogen) atoms. The lowest BCUT2D eigenvalue weighted by Gasteiger charge is -2.34. The zero-order chi connectivity index (χ0) is 14.5. The van der Waals surface area contributed by atoms with E-state index in [2.05, 4.69) is 4.90 Å². The molecule has 1 aromatic rings. The maximum absolute atomic E-state index is 12.2. The van der Waals surface area contributed by atoms with Crippen LogP contribution in [0.2, 0.25) is 0 Å². The Balaban J connectivity index is 1.85. The summed E-state index contributed by atoms with van der Waals surface area (Å²) in [5, 5.41) is 0. The lowest BCUT2D eigenvalue weighted by Crippen LogP contribution is -2.49. The summed E-state index contributed by atoms with van der Waals surface area (Å²) in [5.74, 6) is 0.356. The second kappa shape index (κ2) is 6.66. The number of amides is 1. The van der Waals surface area contributed by atoms with Crippen molar-refractivity contribution >= 4 is 11.7 Å². The molecule has 4 heteroatoms. The largest absolute Gasteiger partial charge is 0.340 e. The van der Waals surface area contributed by atoms with Gasteiger partial charge >= 0.3 is 0 Å². The van der Waals surface area contributed by atoms with Gasteiger partial charge in [0.15, 0.2) is 5.78 Å². The molecule has 1 amide bonds. The van der Waals surface area contributed by atoms with Gasteiger partial charge in [0.25, 0.3) is 0 Å². The van der Waals surface area contributed by atoms with Crippen molar-refractivity contribution in [3.05, 3.63) is 35.4 Å². The summed E-state index contributed by atoms with van der Waals surface area (Å²) in [5.41, 5.74) is 1.93. The van der Waals surface area contributed by atoms with Crippen LogP contribution in [0, 0.1) is 6.92 Å². The van der Waals surface area contributed by atoms with Crippen molar-refractivity contribution in [1.29, 1.82) is 0 Å². The van der Waals surface area contributed by atoms with Gasteiger partial charge in [0.1, 0.15) is 0 Å². The van der Waals surface area contributed by atoms with Crippen molar-refractivity contribution in [2.75, 3.05) is 32.7 Å². The van der Waals surface area contributed by atoms with Crippen LogP contribution in [0.5, 0.6) is 0 Å². The van der Waals surface area contributed by atoms with Crippen molar-refractivity contribution in [2.24, 2.45) is 0 Å². The van der Waals surface area contributed by atoms with Crippen LogP contribution >= 0.6 is 0 Å². The fraction of sp³-hybridized carbons (Fsp3) is 0.500. The molecule has 0 spiro atoms. The summed E-state index contributed by atoms with van der Waals surface area (Å²) in [7, 11) is 0. The highest BCUT2D eigenvalue weighted by Crippen LogP contribution is 2.08. The van der Waals surface area contributed by atoms with E-state index >= 15 is 0 Å². The number of hydrogen-bond donors (Lipinski definition) is 0. The van der Waals surface area contributed by atoms with Crippen LogP contribution < -0.4 is 0 Å². The molecule has 1 fully saturated rings. The Kier molecular flexibility index (Phi) is 4.90. The third-order valence-corrected chi connectivity index (χ3v) is 3.77. The fourth-order valence-corrected chi connectivity index (χ4v) is 2.41. The standard InChI is InChI=1S/C16H22N2O2/c1-3-16(20)18-10-8-17(9-11-18)12-15(19)14-6-4-13(2)5-7-14/h4-7H,3,8-12H2,1-2H3. The Morgan fingerprint density at radius 1 is 1.05 bits per heavy atom. The second-order valence-corrected chi connectivity index (χ2v) is 5.30. The summed E-state index contributed by atoms with van der Waals surface area (Å²) < 4.78 is 0. The normalized spacial score (nSPS) is 16.2. The van der Waals surface area contributed by atoms with E-state index in [0.29, 0.717) is 13.0 Å². The molecule has 0 radical (unpaired) electrons. The SMILES string of the molecule is CCC(=O)N1CCN(CC(=O)c2ccc(C)cc2)CC1. The predicted octanol–water partition coefficient (Wildman–Crippen LogP) is 1.73. The average molecular weight is 274 g/mol. The van der Waals surface area contributed by atoms with Crippen LogP contribution in [0.4, 0.5) is 0 Å². The number of benzene rings is 1. The van der Waals surface area contributed by atoms with Crippen LogP contribution in [0.25, 0.3) is 0 Å². The molecule has 4 nitrogen and oxygen atoms in total. The van der Waals surface area contributed by atoms with E-state index in [1.165, 1.54) is 0 Å². The van der Waals surface area contributed by atoms with E-state index in [1.807, 2.05) is 43.0 Å². The number of hydrogen-bond acceptors (Lipinski definition) is 3. The van der Waals surface area contributed by atoms with Crippen molar-refractivity contribution < 1.29 is 9.59 Å². The lowest BCUT2D eigenvalue weighted by molar-refractivity contribution is -0.132. The first-order valence-corrected chi connectivity index (χ1v) is 7.20. The highest BCUT2D eigenvalue weighted by atomic mass is 16.2. The van der Waals surface area contributed by atoms with Crippen LogP contribution in [-0.4, -0.2) is 54.2 Å². The molecule has 108 valence electrons. The van der Waals surface area contributed by atoms with E-state index in [9.17, 15) is 9.59 Å². The molecular weight excluding hydrogens is 252 g/mol. The molecule has 2 rings (SSSR count). The predicted molar refractivity (Wildman–Crippen MR) is 78.8 cm³/mol. The number of ketones is 1. The highest BCUT2D eigenvalue weighted by Gasteiger charge is 2.21. The lowest BCUT2D eigenvalue weighted by atomic mass is 10.1. The molecule has 1 heterocycles. The Bertz CT molecular complexity index is 474. The van der Waals surface area contributed by atoms with E-state index in [0.717, 1.165) is 37.3 Å². The molecular formula is C16H22N2O2. The molecule has 0 N–H and O–H groups in total. The topological polar surface area (TPSA) is 40.6 Å². The molecule has 0 aromatic heterocycles. The molecule has 0 bridgehead atoms. The summed E-state index contributed by atoms with van der Waals surface area (Å²) in [6, 6.07) is 7.69.